The van der Waals surface area contributed by atoms with Crippen LogP contribution >= 0.6 is 27.5 Å². The van der Waals surface area contributed by atoms with Crippen LogP contribution in [-0.4, -0.2) is 19.5 Å². The zero-order valence-corrected chi connectivity index (χ0v) is 13.1. The zero-order valence-electron chi connectivity index (χ0n) is 10.8. The molecule has 6 heteroatoms. The van der Waals surface area contributed by atoms with Gasteiger partial charge < -0.3 is 4.57 Å². The van der Waals surface area contributed by atoms with Gasteiger partial charge in [0, 0.05) is 23.1 Å². The van der Waals surface area contributed by atoms with Crippen molar-refractivity contribution >= 4 is 38.7 Å². The number of hydrogen-bond acceptors (Lipinski definition) is 3. The molecule has 0 aliphatic rings. The molecule has 3 rings (SSSR count). The van der Waals surface area contributed by atoms with Crippen LogP contribution in [0.1, 0.15) is 23.7 Å². The average molecular weight is 352 g/mol. The normalized spacial score (nSPS) is 12.8. The number of halogens is 2. The summed E-state index contributed by atoms with van der Waals surface area (Å²) < 4.78 is 2.95. The molecular formula is C14H12BrClN4. The lowest BCUT2D eigenvalue weighted by Crippen LogP contribution is -2.06. The number of alkyl halides is 1. The van der Waals surface area contributed by atoms with Crippen molar-refractivity contribution < 1.29 is 0 Å². The summed E-state index contributed by atoms with van der Waals surface area (Å²) in [6.45, 7) is 2.57. The molecule has 1 atom stereocenters. The molecule has 3 heterocycles. The maximum Gasteiger partial charge on any atom is 0.160 e. The van der Waals surface area contributed by atoms with Gasteiger partial charge in [0.15, 0.2) is 5.65 Å². The van der Waals surface area contributed by atoms with Crippen molar-refractivity contribution in [1.29, 1.82) is 0 Å². The minimum absolute atomic E-state index is 0.181. The molecule has 3 aromatic heterocycles. The van der Waals surface area contributed by atoms with Crippen LogP contribution in [0.4, 0.5) is 0 Å². The quantitative estimate of drug-likeness (QED) is 0.671. The molecule has 0 amide bonds. The lowest BCUT2D eigenvalue weighted by atomic mass is 10.3. The lowest BCUT2D eigenvalue weighted by molar-refractivity contribution is 0.734. The fraction of sp³-hybridized carbons (Fsp3) is 0.214. The lowest BCUT2D eigenvalue weighted by Gasteiger charge is -2.09. The number of pyridine rings is 2. The molecule has 0 fully saturated rings. The van der Waals surface area contributed by atoms with Crippen molar-refractivity contribution in [3.63, 3.8) is 0 Å². The third-order valence-electron chi connectivity index (χ3n) is 3.00. The minimum atomic E-state index is -0.181. The Morgan fingerprint density at radius 1 is 1.40 bits per heavy atom. The zero-order chi connectivity index (χ0) is 14.1. The molecule has 0 N–H and O–H groups in total. The first-order chi connectivity index (χ1) is 9.65. The van der Waals surface area contributed by atoms with E-state index in [1.165, 1.54) is 0 Å². The first-order valence-corrected chi connectivity index (χ1v) is 7.43. The Hall–Kier alpha value is -1.46. The van der Waals surface area contributed by atoms with Gasteiger partial charge in [0.1, 0.15) is 11.3 Å². The van der Waals surface area contributed by atoms with Crippen molar-refractivity contribution in [2.75, 3.05) is 0 Å². The van der Waals surface area contributed by atoms with E-state index in [2.05, 4.69) is 30.9 Å². The monoisotopic (exact) mass is 350 g/mol. The smallest absolute Gasteiger partial charge is 0.160 e. The predicted octanol–water partition coefficient (Wildman–Crippen LogP) is 3.94. The standard InChI is InChI=1S/C14H12BrClN4/c1-9(16)13-19-12-5-11(15)7-18-14(12)20(13)8-10-3-2-4-17-6-10/h2-7,9H,8H2,1H3. The molecule has 0 aliphatic carbocycles. The third kappa shape index (κ3) is 2.55. The Morgan fingerprint density at radius 2 is 2.25 bits per heavy atom. The van der Waals surface area contributed by atoms with E-state index in [1.807, 2.05) is 35.9 Å². The first-order valence-electron chi connectivity index (χ1n) is 6.20. The van der Waals surface area contributed by atoms with E-state index in [1.54, 1.807) is 12.4 Å². The minimum Gasteiger partial charge on any atom is -0.307 e. The highest BCUT2D eigenvalue weighted by Crippen LogP contribution is 2.25. The van der Waals surface area contributed by atoms with Gasteiger partial charge >= 0.3 is 0 Å². The van der Waals surface area contributed by atoms with Crippen LogP contribution in [0.2, 0.25) is 0 Å². The van der Waals surface area contributed by atoms with Crippen LogP contribution < -0.4 is 0 Å². The molecule has 4 nitrogen and oxygen atoms in total. The SMILES string of the molecule is CC(Cl)c1nc2cc(Br)cnc2n1Cc1cccnc1. The van der Waals surface area contributed by atoms with Gasteiger partial charge in [0.2, 0.25) is 0 Å². The van der Waals surface area contributed by atoms with Crippen LogP contribution in [0.3, 0.4) is 0 Å². The van der Waals surface area contributed by atoms with Gasteiger partial charge in [-0.1, -0.05) is 6.07 Å². The molecule has 0 aromatic carbocycles. The van der Waals surface area contributed by atoms with E-state index in [9.17, 15) is 0 Å². The van der Waals surface area contributed by atoms with Crippen molar-refractivity contribution in [2.24, 2.45) is 0 Å². The van der Waals surface area contributed by atoms with Gasteiger partial charge in [-0.2, -0.15) is 0 Å². The summed E-state index contributed by atoms with van der Waals surface area (Å²) in [6.07, 6.45) is 5.37. The van der Waals surface area contributed by atoms with E-state index in [4.69, 9.17) is 11.6 Å². The average Bonchev–Trinajstić information content (AvgIpc) is 2.78. The molecule has 0 aliphatic heterocycles. The number of aromatic nitrogens is 4. The van der Waals surface area contributed by atoms with Gasteiger partial charge in [0.25, 0.3) is 0 Å². The Balaban J connectivity index is 2.14. The highest BCUT2D eigenvalue weighted by atomic mass is 79.9. The maximum absolute atomic E-state index is 6.25. The van der Waals surface area contributed by atoms with E-state index in [0.717, 1.165) is 27.0 Å². The summed E-state index contributed by atoms with van der Waals surface area (Å²) in [5.41, 5.74) is 2.76. The number of fused-ring (bicyclic) bond motifs is 1. The highest BCUT2D eigenvalue weighted by Gasteiger charge is 2.16. The van der Waals surface area contributed by atoms with E-state index in [-0.39, 0.29) is 5.38 Å². The topological polar surface area (TPSA) is 43.6 Å². The second-order valence-electron chi connectivity index (χ2n) is 4.53. The van der Waals surface area contributed by atoms with Crippen molar-refractivity contribution in [3.05, 3.63) is 52.7 Å². The summed E-state index contributed by atoms with van der Waals surface area (Å²) in [5, 5.41) is -0.181. The predicted molar refractivity (Wildman–Crippen MR) is 82.8 cm³/mol. The van der Waals surface area contributed by atoms with Gasteiger partial charge in [-0.05, 0) is 40.5 Å². The van der Waals surface area contributed by atoms with Crippen molar-refractivity contribution in [2.45, 2.75) is 18.8 Å². The molecular weight excluding hydrogens is 340 g/mol. The largest absolute Gasteiger partial charge is 0.307 e. The first kappa shape index (κ1) is 13.5. The van der Waals surface area contributed by atoms with Gasteiger partial charge in [-0.25, -0.2) is 9.97 Å². The molecule has 0 spiro atoms. The van der Waals surface area contributed by atoms with Crippen molar-refractivity contribution in [1.82, 2.24) is 19.5 Å². The number of imidazole rings is 1. The van der Waals surface area contributed by atoms with Gasteiger partial charge in [-0.15, -0.1) is 11.6 Å². The highest BCUT2D eigenvalue weighted by molar-refractivity contribution is 9.10. The molecule has 0 bridgehead atoms. The molecule has 0 saturated heterocycles. The molecule has 102 valence electrons. The van der Waals surface area contributed by atoms with Crippen molar-refractivity contribution in [3.8, 4) is 0 Å². The summed E-state index contributed by atoms with van der Waals surface area (Å²) in [4.78, 5) is 13.2. The molecule has 20 heavy (non-hydrogen) atoms. The van der Waals surface area contributed by atoms with Crippen LogP contribution in [0.25, 0.3) is 11.2 Å². The van der Waals surface area contributed by atoms with Crippen LogP contribution in [-0.2, 0) is 6.54 Å². The second kappa shape index (κ2) is 5.50. The van der Waals surface area contributed by atoms with Gasteiger partial charge in [-0.3, -0.25) is 4.98 Å². The van der Waals surface area contributed by atoms with E-state index in [0.29, 0.717) is 6.54 Å². The maximum atomic E-state index is 6.25. The second-order valence-corrected chi connectivity index (χ2v) is 6.10. The number of nitrogens with zero attached hydrogens (tertiary/aromatic N) is 4. The Morgan fingerprint density at radius 3 is 2.95 bits per heavy atom. The molecule has 0 radical (unpaired) electrons. The molecule has 3 aromatic rings. The molecule has 0 saturated carbocycles. The van der Waals surface area contributed by atoms with Crippen LogP contribution in [0, 0.1) is 0 Å². The summed E-state index contributed by atoms with van der Waals surface area (Å²) in [7, 11) is 0. The third-order valence-corrected chi connectivity index (χ3v) is 3.63. The number of rotatable bonds is 3. The van der Waals surface area contributed by atoms with Crippen LogP contribution in [0.5, 0.6) is 0 Å². The summed E-state index contributed by atoms with van der Waals surface area (Å²) in [5.74, 6) is 0.816. The fourth-order valence-corrected chi connectivity index (χ4v) is 2.62. The van der Waals surface area contributed by atoms with Crippen LogP contribution in [0.15, 0.2) is 41.3 Å². The Bertz CT molecular complexity index is 740. The van der Waals surface area contributed by atoms with Gasteiger partial charge in [0.05, 0.1) is 11.9 Å². The Kier molecular flexibility index (Phi) is 3.72. The van der Waals surface area contributed by atoms with E-state index >= 15 is 0 Å². The number of hydrogen-bond donors (Lipinski definition) is 0. The molecule has 1 unspecified atom stereocenters. The summed E-state index contributed by atoms with van der Waals surface area (Å²) >= 11 is 9.66. The fourth-order valence-electron chi connectivity index (χ4n) is 2.14. The van der Waals surface area contributed by atoms with E-state index < -0.39 is 0 Å². The summed E-state index contributed by atoms with van der Waals surface area (Å²) in [6, 6.07) is 5.90. The Labute approximate surface area is 130 Å².